The molecule has 3 N–H and O–H groups in total. The van der Waals surface area contributed by atoms with E-state index >= 15 is 0 Å². The molecule has 7 nitrogen and oxygen atoms in total. The molecule has 4 rings (SSSR count). The van der Waals surface area contributed by atoms with Crippen molar-refractivity contribution in [3.8, 4) is 11.6 Å². The Morgan fingerprint density at radius 3 is 2.75 bits per heavy atom. The molecule has 166 valence electrons. The lowest BCUT2D eigenvalue weighted by Crippen LogP contribution is -2.15. The summed E-state index contributed by atoms with van der Waals surface area (Å²) < 4.78 is 19.1. The van der Waals surface area contributed by atoms with E-state index in [1.807, 2.05) is 30.3 Å². The van der Waals surface area contributed by atoms with Crippen molar-refractivity contribution in [1.82, 2.24) is 20.1 Å². The molecule has 0 radical (unpaired) electrons. The molecule has 0 aliphatic carbocycles. The van der Waals surface area contributed by atoms with Gasteiger partial charge in [-0.25, -0.2) is 9.38 Å². The van der Waals surface area contributed by atoms with Gasteiger partial charge in [0.05, 0.1) is 17.7 Å². The van der Waals surface area contributed by atoms with Crippen molar-refractivity contribution in [2.45, 2.75) is 12.8 Å². The fourth-order valence-corrected chi connectivity index (χ4v) is 3.44. The van der Waals surface area contributed by atoms with E-state index in [1.165, 1.54) is 18.3 Å². The van der Waals surface area contributed by atoms with Gasteiger partial charge in [0.2, 0.25) is 0 Å². The summed E-state index contributed by atoms with van der Waals surface area (Å²) >= 11 is 0. The van der Waals surface area contributed by atoms with Crippen LogP contribution in [0.3, 0.4) is 0 Å². The van der Waals surface area contributed by atoms with E-state index in [0.29, 0.717) is 35.3 Å². The molecule has 0 spiro atoms. The second kappa shape index (κ2) is 9.65. The minimum atomic E-state index is -0.372. The number of rotatable bonds is 9. The molecule has 4 aromatic rings. The SMILES string of the molecule is CN(C)CCCOc1ccc(Cc2cc(N=Cc3c(O)[nH]c4cc(F)ccc34)n[nH]2)cc1. The van der Waals surface area contributed by atoms with Gasteiger partial charge in [-0.3, -0.25) is 5.10 Å². The van der Waals surface area contributed by atoms with Crippen molar-refractivity contribution in [2.75, 3.05) is 27.2 Å². The average Bonchev–Trinajstić information content (AvgIpc) is 3.33. The van der Waals surface area contributed by atoms with Crippen LogP contribution in [0, 0.1) is 5.82 Å². The number of nitrogens with zero attached hydrogens (tertiary/aromatic N) is 3. The van der Waals surface area contributed by atoms with E-state index in [-0.39, 0.29) is 11.7 Å². The highest BCUT2D eigenvalue weighted by Crippen LogP contribution is 2.27. The first-order chi connectivity index (χ1) is 15.5. The fourth-order valence-electron chi connectivity index (χ4n) is 3.44. The second-order valence-electron chi connectivity index (χ2n) is 7.91. The number of aromatic nitrogens is 3. The Kier molecular flexibility index (Phi) is 6.51. The van der Waals surface area contributed by atoms with E-state index < -0.39 is 0 Å². The third-order valence-electron chi connectivity index (χ3n) is 5.06. The van der Waals surface area contributed by atoms with Crippen molar-refractivity contribution < 1.29 is 14.2 Å². The van der Waals surface area contributed by atoms with Crippen molar-refractivity contribution in [3.05, 3.63) is 71.2 Å². The third-order valence-corrected chi connectivity index (χ3v) is 5.06. The van der Waals surface area contributed by atoms with Crippen molar-refractivity contribution in [1.29, 1.82) is 0 Å². The summed E-state index contributed by atoms with van der Waals surface area (Å²) in [5.41, 5.74) is 3.05. The number of benzene rings is 2. The Bertz CT molecular complexity index is 1210. The summed E-state index contributed by atoms with van der Waals surface area (Å²) in [7, 11) is 4.10. The van der Waals surface area contributed by atoms with Crippen molar-refractivity contribution in [3.63, 3.8) is 0 Å². The first kappa shape index (κ1) is 21.6. The second-order valence-corrected chi connectivity index (χ2v) is 7.91. The Balaban J connectivity index is 1.37. The molecular weight excluding hydrogens is 409 g/mol. The summed E-state index contributed by atoms with van der Waals surface area (Å²) in [5.74, 6) is 0.926. The number of hydrogen-bond donors (Lipinski definition) is 3. The van der Waals surface area contributed by atoms with Crippen molar-refractivity contribution in [2.24, 2.45) is 4.99 Å². The van der Waals surface area contributed by atoms with E-state index in [0.717, 1.165) is 30.0 Å². The molecule has 2 aromatic carbocycles. The van der Waals surface area contributed by atoms with Gasteiger partial charge < -0.3 is 19.7 Å². The zero-order valence-corrected chi connectivity index (χ0v) is 18.1. The van der Waals surface area contributed by atoms with Gasteiger partial charge in [0.1, 0.15) is 11.6 Å². The lowest BCUT2D eigenvalue weighted by atomic mass is 10.1. The quantitative estimate of drug-likeness (QED) is 0.268. The summed E-state index contributed by atoms with van der Waals surface area (Å²) in [6.45, 7) is 1.70. The number of aromatic hydroxyl groups is 1. The summed E-state index contributed by atoms with van der Waals surface area (Å²) in [4.78, 5) is 9.24. The van der Waals surface area contributed by atoms with Gasteiger partial charge >= 0.3 is 0 Å². The molecule has 0 bridgehead atoms. The highest BCUT2D eigenvalue weighted by molar-refractivity contribution is 6.02. The number of H-pyrrole nitrogens is 2. The van der Waals surface area contributed by atoms with Crippen LogP contribution in [0.5, 0.6) is 11.6 Å². The van der Waals surface area contributed by atoms with E-state index in [9.17, 15) is 9.50 Å². The molecule has 2 aromatic heterocycles. The zero-order valence-electron chi connectivity index (χ0n) is 18.1. The standard InChI is InChI=1S/C24H26FN5O2/c1-30(2)10-3-11-32-19-7-4-16(5-8-19)12-18-14-23(29-28-18)26-15-21-20-9-6-17(25)13-22(20)27-24(21)31/h4-9,13-15,27,31H,3,10-12H2,1-2H3,(H,28,29). The molecule has 2 heterocycles. The molecule has 0 aliphatic heterocycles. The Hall–Kier alpha value is -3.65. The van der Waals surface area contributed by atoms with Gasteiger partial charge in [-0.2, -0.15) is 5.10 Å². The number of aromatic amines is 2. The van der Waals surface area contributed by atoms with Crippen LogP contribution in [-0.4, -0.2) is 58.6 Å². The molecule has 0 amide bonds. The summed E-state index contributed by atoms with van der Waals surface area (Å²) in [6.07, 6.45) is 3.19. The largest absolute Gasteiger partial charge is 0.494 e. The molecule has 0 saturated heterocycles. The maximum atomic E-state index is 13.4. The highest BCUT2D eigenvalue weighted by atomic mass is 19.1. The minimum absolute atomic E-state index is 0.0610. The molecule has 0 atom stereocenters. The number of aliphatic imine (C=N–C) groups is 1. The Labute approximate surface area is 185 Å². The van der Waals surface area contributed by atoms with Crippen LogP contribution in [0.15, 0.2) is 53.5 Å². The number of hydrogen-bond acceptors (Lipinski definition) is 5. The Morgan fingerprint density at radius 2 is 1.97 bits per heavy atom. The molecule has 8 heteroatoms. The minimum Gasteiger partial charge on any atom is -0.494 e. The van der Waals surface area contributed by atoms with Gasteiger partial charge in [-0.15, -0.1) is 0 Å². The maximum absolute atomic E-state index is 13.4. The number of halogens is 1. The first-order valence-corrected chi connectivity index (χ1v) is 10.4. The predicted octanol–water partition coefficient (Wildman–Crippen LogP) is 4.41. The normalized spacial score (nSPS) is 11.8. The van der Waals surface area contributed by atoms with Crippen LogP contribution < -0.4 is 4.74 Å². The molecule has 0 saturated carbocycles. The molecule has 0 unspecified atom stereocenters. The van der Waals surface area contributed by atoms with Crippen LogP contribution in [0.2, 0.25) is 0 Å². The average molecular weight is 436 g/mol. The van der Waals surface area contributed by atoms with Gasteiger partial charge in [0.25, 0.3) is 0 Å². The van der Waals surface area contributed by atoms with E-state index in [1.54, 1.807) is 6.07 Å². The van der Waals surface area contributed by atoms with Crippen LogP contribution in [0.4, 0.5) is 10.2 Å². The topological polar surface area (TPSA) is 89.5 Å². The molecule has 32 heavy (non-hydrogen) atoms. The van der Waals surface area contributed by atoms with Crippen molar-refractivity contribution >= 4 is 22.9 Å². The fraction of sp³-hybridized carbons (Fsp3) is 0.250. The summed E-state index contributed by atoms with van der Waals surface area (Å²) in [6, 6.07) is 14.2. The lowest BCUT2D eigenvalue weighted by Gasteiger charge is -2.10. The number of nitrogens with one attached hydrogen (secondary N) is 2. The van der Waals surface area contributed by atoms with Gasteiger partial charge in [0, 0.05) is 36.3 Å². The third kappa shape index (κ3) is 5.33. The molecule has 0 aliphatic rings. The highest BCUT2D eigenvalue weighted by Gasteiger charge is 2.10. The number of fused-ring (bicyclic) bond motifs is 1. The summed E-state index contributed by atoms with van der Waals surface area (Å²) in [5, 5.41) is 18.0. The van der Waals surface area contributed by atoms with E-state index in [2.05, 4.69) is 39.2 Å². The van der Waals surface area contributed by atoms with Gasteiger partial charge in [0.15, 0.2) is 11.7 Å². The predicted molar refractivity (Wildman–Crippen MR) is 124 cm³/mol. The molecular formula is C24H26FN5O2. The first-order valence-electron chi connectivity index (χ1n) is 10.4. The monoisotopic (exact) mass is 435 g/mol. The lowest BCUT2D eigenvalue weighted by molar-refractivity contribution is 0.281. The van der Waals surface area contributed by atoms with Crippen LogP contribution in [0.1, 0.15) is 23.2 Å². The van der Waals surface area contributed by atoms with Gasteiger partial charge in [-0.05, 0) is 56.4 Å². The van der Waals surface area contributed by atoms with Crippen LogP contribution in [-0.2, 0) is 6.42 Å². The Morgan fingerprint density at radius 1 is 1.16 bits per heavy atom. The number of ether oxygens (including phenoxy) is 1. The molecule has 0 fully saturated rings. The van der Waals surface area contributed by atoms with E-state index in [4.69, 9.17) is 4.74 Å². The van der Waals surface area contributed by atoms with Crippen LogP contribution >= 0.6 is 0 Å². The zero-order chi connectivity index (χ0) is 22.5. The van der Waals surface area contributed by atoms with Gasteiger partial charge in [-0.1, -0.05) is 12.1 Å². The van der Waals surface area contributed by atoms with Crippen LogP contribution in [0.25, 0.3) is 10.9 Å². The smallest absolute Gasteiger partial charge is 0.198 e. The maximum Gasteiger partial charge on any atom is 0.198 e.